The molecule has 5 heteroatoms. The molecule has 0 saturated carbocycles. The molecule has 0 bridgehead atoms. The standard InChI is InChI=1S/C15H12BrNOS.Na.H/c16-13-8-4-5-9-14(13)19-11-10-15(18)17-12-6-2-1-3-7-12;;/h1-11H,(H,17,18);;/q;+1;-1. The number of hydrogen-bond donors (Lipinski definition) is 1. The van der Waals surface area contributed by atoms with Crippen LogP contribution in [0.4, 0.5) is 5.69 Å². The van der Waals surface area contributed by atoms with Crippen LogP contribution in [0.25, 0.3) is 0 Å². The van der Waals surface area contributed by atoms with Crippen LogP contribution in [-0.4, -0.2) is 5.91 Å². The van der Waals surface area contributed by atoms with Crippen molar-refractivity contribution in [2.24, 2.45) is 0 Å². The molecule has 0 fully saturated rings. The van der Waals surface area contributed by atoms with Crippen molar-refractivity contribution in [2.45, 2.75) is 4.90 Å². The van der Waals surface area contributed by atoms with Gasteiger partial charge in [-0.25, -0.2) is 0 Å². The Morgan fingerprint density at radius 2 is 1.75 bits per heavy atom. The van der Waals surface area contributed by atoms with Crippen LogP contribution in [0.5, 0.6) is 0 Å². The zero-order valence-electron chi connectivity index (χ0n) is 12.0. The van der Waals surface area contributed by atoms with E-state index in [0.29, 0.717) is 0 Å². The molecule has 0 aliphatic rings. The van der Waals surface area contributed by atoms with Crippen molar-refractivity contribution in [1.82, 2.24) is 0 Å². The number of halogens is 1. The van der Waals surface area contributed by atoms with Crippen molar-refractivity contribution in [3.05, 3.63) is 70.6 Å². The third-order valence-corrected chi connectivity index (χ3v) is 4.13. The summed E-state index contributed by atoms with van der Waals surface area (Å²) in [5.41, 5.74) is 0.794. The van der Waals surface area contributed by atoms with Gasteiger partial charge in [0, 0.05) is 21.1 Å². The SMILES string of the molecule is O=C(C=CSc1ccccc1Br)Nc1ccccc1.[H-].[Na+]. The van der Waals surface area contributed by atoms with Gasteiger partial charge in [-0.2, -0.15) is 0 Å². The van der Waals surface area contributed by atoms with Crippen LogP contribution in [0, 0.1) is 0 Å². The number of hydrogen-bond acceptors (Lipinski definition) is 2. The van der Waals surface area contributed by atoms with Gasteiger partial charge in [0.05, 0.1) is 0 Å². The largest absolute Gasteiger partial charge is 1.00 e. The van der Waals surface area contributed by atoms with E-state index in [4.69, 9.17) is 0 Å². The summed E-state index contributed by atoms with van der Waals surface area (Å²) in [6.07, 6.45) is 1.52. The first-order chi connectivity index (χ1) is 9.25. The summed E-state index contributed by atoms with van der Waals surface area (Å²) in [6, 6.07) is 17.3. The Bertz CT molecular complexity index is 595. The molecule has 1 N–H and O–H groups in total. The van der Waals surface area contributed by atoms with Crippen molar-refractivity contribution in [3.8, 4) is 0 Å². The molecular formula is C15H13BrNNaOS. The van der Waals surface area contributed by atoms with Crippen molar-refractivity contribution in [3.63, 3.8) is 0 Å². The number of amides is 1. The topological polar surface area (TPSA) is 29.1 Å². The molecule has 0 spiro atoms. The molecule has 2 nitrogen and oxygen atoms in total. The summed E-state index contributed by atoms with van der Waals surface area (Å²) in [4.78, 5) is 12.7. The van der Waals surface area contributed by atoms with Crippen LogP contribution >= 0.6 is 27.7 Å². The fourth-order valence-electron chi connectivity index (χ4n) is 1.41. The van der Waals surface area contributed by atoms with Gasteiger partial charge in [-0.3, -0.25) is 4.79 Å². The first-order valence-electron chi connectivity index (χ1n) is 5.69. The average molecular weight is 358 g/mol. The van der Waals surface area contributed by atoms with E-state index in [2.05, 4.69) is 21.2 Å². The minimum Gasteiger partial charge on any atom is -1.00 e. The smallest absolute Gasteiger partial charge is 1.00 e. The minimum atomic E-state index is -0.134. The Morgan fingerprint density at radius 3 is 2.45 bits per heavy atom. The van der Waals surface area contributed by atoms with E-state index in [1.54, 1.807) is 5.41 Å². The molecule has 0 radical (unpaired) electrons. The molecule has 1 amide bonds. The number of anilines is 1. The zero-order valence-corrected chi connectivity index (χ0v) is 15.4. The van der Waals surface area contributed by atoms with Gasteiger partial charge in [0.2, 0.25) is 5.91 Å². The van der Waals surface area contributed by atoms with Crippen LogP contribution in [0.3, 0.4) is 0 Å². The average Bonchev–Trinajstić information content (AvgIpc) is 2.42. The summed E-state index contributed by atoms with van der Waals surface area (Å²) in [7, 11) is 0. The molecule has 0 unspecified atom stereocenters. The zero-order chi connectivity index (χ0) is 13.5. The quantitative estimate of drug-likeness (QED) is 0.513. The second-order valence-electron chi connectivity index (χ2n) is 3.71. The molecule has 20 heavy (non-hydrogen) atoms. The van der Waals surface area contributed by atoms with Gasteiger partial charge in [-0.05, 0) is 45.6 Å². The Kier molecular flexibility index (Phi) is 8.26. The molecule has 2 aromatic rings. The van der Waals surface area contributed by atoms with Gasteiger partial charge >= 0.3 is 29.6 Å². The molecule has 98 valence electrons. The fraction of sp³-hybridized carbons (Fsp3) is 0. The second-order valence-corrected chi connectivity index (χ2v) is 5.51. The van der Waals surface area contributed by atoms with E-state index < -0.39 is 0 Å². The van der Waals surface area contributed by atoms with E-state index in [1.807, 2.05) is 54.6 Å². The van der Waals surface area contributed by atoms with Crippen LogP contribution in [0.1, 0.15) is 1.43 Å². The number of benzene rings is 2. The predicted molar refractivity (Wildman–Crippen MR) is 85.3 cm³/mol. The molecule has 0 saturated heterocycles. The Labute approximate surface area is 154 Å². The van der Waals surface area contributed by atoms with E-state index in [9.17, 15) is 4.79 Å². The normalized spacial score (nSPS) is 10.1. The molecule has 0 aromatic heterocycles. The van der Waals surface area contributed by atoms with Gasteiger partial charge in [0.1, 0.15) is 0 Å². The molecule has 0 heterocycles. The number of thioether (sulfide) groups is 1. The molecule has 0 atom stereocenters. The maximum atomic E-state index is 11.7. The van der Waals surface area contributed by atoms with E-state index in [0.717, 1.165) is 15.1 Å². The summed E-state index contributed by atoms with van der Waals surface area (Å²) in [5.74, 6) is -0.134. The maximum absolute atomic E-state index is 11.7. The van der Waals surface area contributed by atoms with Crippen LogP contribution < -0.4 is 34.9 Å². The third-order valence-electron chi connectivity index (χ3n) is 2.29. The van der Waals surface area contributed by atoms with E-state index >= 15 is 0 Å². The van der Waals surface area contributed by atoms with Crippen molar-refractivity contribution < 1.29 is 35.8 Å². The Balaban J connectivity index is 0.00000200. The van der Waals surface area contributed by atoms with E-state index in [1.165, 1.54) is 17.8 Å². The van der Waals surface area contributed by atoms with Crippen molar-refractivity contribution in [1.29, 1.82) is 0 Å². The number of para-hydroxylation sites is 1. The molecule has 2 rings (SSSR count). The Morgan fingerprint density at radius 1 is 1.10 bits per heavy atom. The molecule has 2 aromatic carbocycles. The predicted octanol–water partition coefficient (Wildman–Crippen LogP) is 1.81. The fourth-order valence-corrected chi connectivity index (χ4v) is 2.66. The van der Waals surface area contributed by atoms with Gasteiger partial charge in [0.15, 0.2) is 0 Å². The van der Waals surface area contributed by atoms with E-state index in [-0.39, 0.29) is 36.9 Å². The summed E-state index contributed by atoms with van der Waals surface area (Å²) in [5, 5.41) is 4.57. The van der Waals surface area contributed by atoms with Crippen LogP contribution in [0.15, 0.2) is 75.4 Å². The molecular weight excluding hydrogens is 345 g/mol. The number of carbonyl (C=O) groups is 1. The summed E-state index contributed by atoms with van der Waals surface area (Å²) < 4.78 is 1.02. The van der Waals surface area contributed by atoms with Crippen molar-refractivity contribution >= 4 is 39.3 Å². The molecule has 0 aliphatic heterocycles. The minimum absolute atomic E-state index is 0. The van der Waals surface area contributed by atoms with Gasteiger partial charge < -0.3 is 6.74 Å². The number of nitrogens with one attached hydrogen (secondary N) is 1. The van der Waals surface area contributed by atoms with Crippen LogP contribution in [0.2, 0.25) is 0 Å². The van der Waals surface area contributed by atoms with Gasteiger partial charge in [-0.15, -0.1) is 0 Å². The first kappa shape index (κ1) is 17.5. The monoisotopic (exact) mass is 357 g/mol. The maximum Gasteiger partial charge on any atom is 1.00 e. The van der Waals surface area contributed by atoms with Crippen LogP contribution in [-0.2, 0) is 4.79 Å². The van der Waals surface area contributed by atoms with Gasteiger partial charge in [0.25, 0.3) is 0 Å². The summed E-state index contributed by atoms with van der Waals surface area (Å²) in [6.45, 7) is 0. The first-order valence-corrected chi connectivity index (χ1v) is 7.37. The Hall–Kier alpha value is -0.520. The van der Waals surface area contributed by atoms with Gasteiger partial charge in [-0.1, -0.05) is 42.1 Å². The van der Waals surface area contributed by atoms with Crippen molar-refractivity contribution in [2.75, 3.05) is 5.32 Å². The molecule has 0 aliphatic carbocycles. The second kappa shape index (κ2) is 9.42. The number of rotatable bonds is 4. The summed E-state index contributed by atoms with van der Waals surface area (Å²) >= 11 is 4.96. The third kappa shape index (κ3) is 5.85. The number of carbonyl (C=O) groups excluding carboxylic acids is 1.